The van der Waals surface area contributed by atoms with E-state index >= 15 is 0 Å². The van der Waals surface area contributed by atoms with E-state index in [0.29, 0.717) is 18.3 Å². The summed E-state index contributed by atoms with van der Waals surface area (Å²) in [6.07, 6.45) is 8.50. The Morgan fingerprint density at radius 3 is 2.65 bits per heavy atom. The second-order valence-corrected chi connectivity index (χ2v) is 9.80. The number of aliphatic hydroxyl groups is 3. The predicted molar refractivity (Wildman–Crippen MR) is 93.1 cm³/mol. The highest BCUT2D eigenvalue weighted by Crippen LogP contribution is 2.64. The van der Waals surface area contributed by atoms with Gasteiger partial charge in [-0.25, -0.2) is 0 Å². The fourth-order valence-electron chi connectivity index (χ4n) is 6.18. The molecular weight excluding hydrogens is 356 g/mol. The molecule has 0 radical (unpaired) electrons. The van der Waals surface area contributed by atoms with Crippen LogP contribution < -0.4 is 0 Å². The SMILES string of the molecule is C[C@]12C=CC(O)CC1=CC(O)[C@@H]1[C@H]2CC[C@]2(C)C(O)C(Br)C[C@@H]12. The molecule has 9 atom stereocenters. The number of hydrogen-bond acceptors (Lipinski definition) is 3. The normalized spacial score (nSPS) is 58.2. The highest BCUT2D eigenvalue weighted by molar-refractivity contribution is 9.09. The van der Waals surface area contributed by atoms with Crippen LogP contribution >= 0.6 is 15.9 Å². The molecule has 0 aromatic carbocycles. The third kappa shape index (κ3) is 2.11. The fourth-order valence-corrected chi connectivity index (χ4v) is 7.18. The van der Waals surface area contributed by atoms with Crippen LogP contribution in [0.3, 0.4) is 0 Å². The molecule has 4 rings (SSSR count). The van der Waals surface area contributed by atoms with Gasteiger partial charge in [0.05, 0.1) is 18.3 Å². The first-order valence-electron chi connectivity index (χ1n) is 8.86. The summed E-state index contributed by atoms with van der Waals surface area (Å²) in [6, 6.07) is 0. The van der Waals surface area contributed by atoms with E-state index in [9.17, 15) is 15.3 Å². The largest absolute Gasteiger partial charge is 0.391 e. The van der Waals surface area contributed by atoms with Crippen LogP contribution in [0, 0.1) is 28.6 Å². The molecule has 0 heterocycles. The van der Waals surface area contributed by atoms with Gasteiger partial charge in [0, 0.05) is 10.2 Å². The van der Waals surface area contributed by atoms with Crippen molar-refractivity contribution >= 4 is 15.9 Å². The lowest BCUT2D eigenvalue weighted by atomic mass is 9.48. The Morgan fingerprint density at radius 1 is 1.17 bits per heavy atom. The predicted octanol–water partition coefficient (Wildman–Crippen LogP) is 2.79. The topological polar surface area (TPSA) is 60.7 Å². The monoisotopic (exact) mass is 382 g/mol. The molecule has 0 aliphatic heterocycles. The number of halogens is 1. The molecule has 2 saturated carbocycles. The zero-order valence-corrected chi connectivity index (χ0v) is 15.4. The van der Waals surface area contributed by atoms with Gasteiger partial charge in [-0.05, 0) is 48.9 Å². The van der Waals surface area contributed by atoms with Crippen LogP contribution in [-0.4, -0.2) is 38.5 Å². The Labute approximate surface area is 146 Å². The van der Waals surface area contributed by atoms with Crippen molar-refractivity contribution in [3.05, 3.63) is 23.8 Å². The molecule has 0 amide bonds. The van der Waals surface area contributed by atoms with Crippen molar-refractivity contribution in [3.63, 3.8) is 0 Å². The molecule has 3 N–H and O–H groups in total. The summed E-state index contributed by atoms with van der Waals surface area (Å²) in [4.78, 5) is 0.130. The van der Waals surface area contributed by atoms with Crippen molar-refractivity contribution in [3.8, 4) is 0 Å². The standard InChI is InChI=1S/C19H27BrO3/c1-18-5-3-11(21)7-10(18)8-15(22)16-12(18)4-6-19(2)13(16)9-14(20)17(19)23/h3,5,8,11-17,21-23H,4,6-7,9H2,1-2H3/t11?,12-,13+,14?,15?,16-,17?,18+,19+/m1/s1. The molecule has 0 spiro atoms. The van der Waals surface area contributed by atoms with E-state index in [-0.39, 0.29) is 27.7 Å². The van der Waals surface area contributed by atoms with Gasteiger partial charge >= 0.3 is 0 Å². The van der Waals surface area contributed by atoms with E-state index in [1.54, 1.807) is 0 Å². The second kappa shape index (κ2) is 5.17. The highest BCUT2D eigenvalue weighted by Gasteiger charge is 2.61. The van der Waals surface area contributed by atoms with Gasteiger partial charge in [-0.1, -0.05) is 53.6 Å². The van der Waals surface area contributed by atoms with Crippen molar-refractivity contribution in [2.24, 2.45) is 28.6 Å². The van der Waals surface area contributed by atoms with E-state index < -0.39 is 12.2 Å². The van der Waals surface area contributed by atoms with Crippen LogP contribution in [0.5, 0.6) is 0 Å². The second-order valence-electron chi connectivity index (χ2n) is 8.63. The minimum atomic E-state index is -0.462. The minimum Gasteiger partial charge on any atom is -0.391 e. The zero-order chi connectivity index (χ0) is 16.6. The summed E-state index contributed by atoms with van der Waals surface area (Å²) in [5.74, 6) is 0.925. The Bertz CT molecular complexity index is 573. The van der Waals surface area contributed by atoms with Crippen LogP contribution in [0.15, 0.2) is 23.8 Å². The third-order valence-electron chi connectivity index (χ3n) is 7.59. The van der Waals surface area contributed by atoms with Crippen molar-refractivity contribution in [1.82, 2.24) is 0 Å². The van der Waals surface area contributed by atoms with Gasteiger partial charge in [-0.2, -0.15) is 0 Å². The molecule has 23 heavy (non-hydrogen) atoms. The smallest absolute Gasteiger partial charge is 0.0758 e. The van der Waals surface area contributed by atoms with Gasteiger partial charge in [0.25, 0.3) is 0 Å². The third-order valence-corrected chi connectivity index (χ3v) is 8.46. The van der Waals surface area contributed by atoms with E-state index in [1.807, 2.05) is 12.2 Å². The minimum absolute atomic E-state index is 0.0557. The fraction of sp³-hybridized carbons (Fsp3) is 0.789. The summed E-state index contributed by atoms with van der Waals surface area (Å²) in [6.45, 7) is 4.47. The Morgan fingerprint density at radius 2 is 1.91 bits per heavy atom. The molecule has 0 aromatic heterocycles. The van der Waals surface area contributed by atoms with Gasteiger partial charge < -0.3 is 15.3 Å². The van der Waals surface area contributed by atoms with E-state index in [2.05, 4.69) is 35.9 Å². The molecule has 3 nitrogen and oxygen atoms in total. The molecule has 4 unspecified atom stereocenters. The van der Waals surface area contributed by atoms with Gasteiger partial charge in [-0.3, -0.25) is 0 Å². The van der Waals surface area contributed by atoms with Crippen molar-refractivity contribution in [2.45, 2.75) is 62.7 Å². The number of rotatable bonds is 0. The van der Waals surface area contributed by atoms with Crippen molar-refractivity contribution < 1.29 is 15.3 Å². The number of aliphatic hydroxyl groups excluding tert-OH is 3. The Kier molecular flexibility index (Phi) is 3.67. The molecule has 0 aromatic rings. The number of hydrogen-bond donors (Lipinski definition) is 3. The van der Waals surface area contributed by atoms with E-state index in [0.717, 1.165) is 19.3 Å². The first kappa shape index (κ1) is 16.3. The number of allylic oxidation sites excluding steroid dienone is 1. The van der Waals surface area contributed by atoms with Gasteiger partial charge in [-0.15, -0.1) is 0 Å². The summed E-state index contributed by atoms with van der Waals surface area (Å²) in [5.41, 5.74) is 1.04. The number of alkyl halides is 1. The molecule has 4 heteroatoms. The summed E-state index contributed by atoms with van der Waals surface area (Å²) >= 11 is 3.66. The Hall–Kier alpha value is -0.160. The lowest BCUT2D eigenvalue weighted by molar-refractivity contribution is -0.0903. The molecule has 0 saturated heterocycles. The van der Waals surface area contributed by atoms with Gasteiger partial charge in [0.2, 0.25) is 0 Å². The molecule has 0 bridgehead atoms. The van der Waals surface area contributed by atoms with E-state index in [1.165, 1.54) is 5.57 Å². The van der Waals surface area contributed by atoms with Gasteiger partial charge in [0.1, 0.15) is 0 Å². The van der Waals surface area contributed by atoms with Crippen LogP contribution in [-0.2, 0) is 0 Å². The molecule has 2 fully saturated rings. The Balaban J connectivity index is 1.76. The zero-order valence-electron chi connectivity index (χ0n) is 13.8. The van der Waals surface area contributed by atoms with Crippen LogP contribution in [0.25, 0.3) is 0 Å². The molecule has 128 valence electrons. The maximum absolute atomic E-state index is 10.9. The first-order chi connectivity index (χ1) is 10.8. The van der Waals surface area contributed by atoms with Crippen molar-refractivity contribution in [2.75, 3.05) is 0 Å². The number of fused-ring (bicyclic) bond motifs is 5. The average molecular weight is 383 g/mol. The lowest BCUT2D eigenvalue weighted by Gasteiger charge is -2.57. The van der Waals surface area contributed by atoms with Crippen LogP contribution in [0.1, 0.15) is 39.5 Å². The van der Waals surface area contributed by atoms with E-state index in [4.69, 9.17) is 0 Å². The summed E-state index contributed by atoms with van der Waals surface area (Å²) in [5, 5.41) is 31.5. The average Bonchev–Trinajstić information content (AvgIpc) is 2.73. The van der Waals surface area contributed by atoms with Crippen molar-refractivity contribution in [1.29, 1.82) is 0 Å². The molecule has 4 aliphatic carbocycles. The highest BCUT2D eigenvalue weighted by atomic mass is 79.9. The summed E-state index contributed by atoms with van der Waals surface area (Å²) in [7, 11) is 0. The van der Waals surface area contributed by atoms with Gasteiger partial charge in [0.15, 0.2) is 0 Å². The van der Waals surface area contributed by atoms with Crippen LogP contribution in [0.2, 0.25) is 0 Å². The first-order valence-corrected chi connectivity index (χ1v) is 9.78. The van der Waals surface area contributed by atoms with Crippen LogP contribution in [0.4, 0.5) is 0 Å². The molecular formula is C19H27BrO3. The quantitative estimate of drug-likeness (QED) is 0.445. The lowest BCUT2D eigenvalue weighted by Crippen LogP contribution is -2.54. The maximum atomic E-state index is 10.9. The maximum Gasteiger partial charge on any atom is 0.0758 e. The molecule has 4 aliphatic rings. The summed E-state index contributed by atoms with van der Waals surface area (Å²) < 4.78 is 0.